The van der Waals surface area contributed by atoms with Gasteiger partial charge in [0.1, 0.15) is 5.01 Å². The van der Waals surface area contributed by atoms with Gasteiger partial charge in [0.05, 0.1) is 5.56 Å². The standard InChI is InChI=1S/C16H17N3O3S/c1-3-6-12-18-19-15(23-12)17-14(21)16(2)9-10-7-4-5-8-11(10)13(20)22-16/h4-5,7-8H,3,6,9H2,1-2H3,(H,17,19,21)/t16-/m0/s1. The summed E-state index contributed by atoms with van der Waals surface area (Å²) in [5, 5.41) is 12.0. The zero-order valence-electron chi connectivity index (χ0n) is 13.0. The zero-order valence-corrected chi connectivity index (χ0v) is 13.8. The predicted molar refractivity (Wildman–Crippen MR) is 86.5 cm³/mol. The van der Waals surface area contributed by atoms with Crippen LogP contribution in [0.25, 0.3) is 0 Å². The molecule has 1 N–H and O–H groups in total. The number of aromatic nitrogens is 2. The molecule has 0 saturated heterocycles. The van der Waals surface area contributed by atoms with Gasteiger partial charge in [-0.3, -0.25) is 10.1 Å². The molecule has 0 fully saturated rings. The van der Waals surface area contributed by atoms with Crippen LogP contribution in [0.3, 0.4) is 0 Å². The maximum atomic E-state index is 12.6. The first-order valence-electron chi connectivity index (χ1n) is 7.47. The van der Waals surface area contributed by atoms with E-state index in [4.69, 9.17) is 4.74 Å². The fraction of sp³-hybridized carbons (Fsp3) is 0.375. The number of esters is 1. The van der Waals surface area contributed by atoms with Crippen LogP contribution in [0.15, 0.2) is 24.3 Å². The molecule has 0 radical (unpaired) electrons. The minimum atomic E-state index is -1.25. The monoisotopic (exact) mass is 331 g/mol. The zero-order chi connectivity index (χ0) is 16.4. The summed E-state index contributed by atoms with van der Waals surface area (Å²) >= 11 is 1.34. The fourth-order valence-electron chi connectivity index (χ4n) is 2.51. The van der Waals surface area contributed by atoms with Gasteiger partial charge >= 0.3 is 5.97 Å². The highest BCUT2D eigenvalue weighted by Gasteiger charge is 2.42. The Morgan fingerprint density at radius 1 is 1.39 bits per heavy atom. The van der Waals surface area contributed by atoms with Gasteiger partial charge < -0.3 is 4.74 Å². The number of hydrogen-bond acceptors (Lipinski definition) is 6. The minimum Gasteiger partial charge on any atom is -0.445 e. The number of ether oxygens (including phenoxy) is 1. The molecule has 1 aromatic carbocycles. The lowest BCUT2D eigenvalue weighted by Gasteiger charge is -2.32. The van der Waals surface area contributed by atoms with Crippen LogP contribution in [-0.4, -0.2) is 27.7 Å². The van der Waals surface area contributed by atoms with Crippen LogP contribution in [0.4, 0.5) is 5.13 Å². The number of hydrogen-bond donors (Lipinski definition) is 1. The van der Waals surface area contributed by atoms with Crippen molar-refractivity contribution < 1.29 is 14.3 Å². The van der Waals surface area contributed by atoms with Gasteiger partial charge in [0.25, 0.3) is 5.91 Å². The first-order chi connectivity index (χ1) is 11.0. The highest BCUT2D eigenvalue weighted by Crippen LogP contribution is 2.29. The van der Waals surface area contributed by atoms with Gasteiger partial charge in [-0.25, -0.2) is 4.79 Å². The largest absolute Gasteiger partial charge is 0.445 e. The van der Waals surface area contributed by atoms with Crippen LogP contribution in [0.1, 0.15) is 41.2 Å². The molecular formula is C16H17N3O3S. The van der Waals surface area contributed by atoms with E-state index in [1.54, 1.807) is 19.1 Å². The predicted octanol–water partition coefficient (Wildman–Crippen LogP) is 2.60. The number of nitrogens with zero attached hydrogens (tertiary/aromatic N) is 2. The number of rotatable bonds is 4. The van der Waals surface area contributed by atoms with E-state index in [0.29, 0.717) is 17.1 Å². The molecule has 0 aliphatic carbocycles. The molecule has 2 aromatic rings. The number of carbonyl (C=O) groups excluding carboxylic acids is 2. The second-order valence-corrected chi connectivity index (χ2v) is 6.72. The summed E-state index contributed by atoms with van der Waals surface area (Å²) in [5.74, 6) is -0.868. The van der Waals surface area contributed by atoms with Crippen molar-refractivity contribution in [2.45, 2.75) is 38.7 Å². The Hall–Kier alpha value is -2.28. The van der Waals surface area contributed by atoms with Gasteiger partial charge in [-0.1, -0.05) is 36.5 Å². The van der Waals surface area contributed by atoms with E-state index in [2.05, 4.69) is 22.4 Å². The Morgan fingerprint density at radius 2 is 2.17 bits per heavy atom. The van der Waals surface area contributed by atoms with Crippen LogP contribution in [-0.2, 0) is 22.4 Å². The molecule has 0 unspecified atom stereocenters. The van der Waals surface area contributed by atoms with E-state index in [1.165, 1.54) is 11.3 Å². The van der Waals surface area contributed by atoms with Crippen LogP contribution >= 0.6 is 11.3 Å². The van der Waals surface area contributed by atoms with E-state index in [-0.39, 0.29) is 5.91 Å². The van der Waals surface area contributed by atoms with Crippen molar-refractivity contribution in [1.82, 2.24) is 10.2 Å². The van der Waals surface area contributed by atoms with Crippen molar-refractivity contribution >= 4 is 28.3 Å². The van der Waals surface area contributed by atoms with E-state index in [9.17, 15) is 9.59 Å². The Bertz CT molecular complexity index is 759. The van der Waals surface area contributed by atoms with E-state index in [0.717, 1.165) is 23.4 Å². The molecule has 23 heavy (non-hydrogen) atoms. The maximum Gasteiger partial charge on any atom is 0.339 e. The summed E-state index contributed by atoms with van der Waals surface area (Å²) in [6.45, 7) is 3.67. The van der Waals surface area contributed by atoms with Gasteiger partial charge in [-0.2, -0.15) is 0 Å². The number of cyclic esters (lactones) is 1. The lowest BCUT2D eigenvalue weighted by atomic mass is 9.89. The Morgan fingerprint density at radius 3 is 2.96 bits per heavy atom. The second kappa shape index (κ2) is 6.08. The third-order valence-corrected chi connectivity index (χ3v) is 4.61. The third kappa shape index (κ3) is 3.10. The van der Waals surface area contributed by atoms with Gasteiger partial charge in [-0.05, 0) is 25.0 Å². The van der Waals surface area contributed by atoms with Gasteiger partial charge in [0.2, 0.25) is 5.13 Å². The smallest absolute Gasteiger partial charge is 0.339 e. The molecule has 1 atom stereocenters. The Labute approximate surface area is 137 Å². The third-order valence-electron chi connectivity index (χ3n) is 3.71. The number of benzene rings is 1. The number of aryl methyl sites for hydroxylation is 1. The average Bonchev–Trinajstić information content (AvgIpc) is 2.95. The number of carbonyl (C=O) groups is 2. The Kier molecular flexibility index (Phi) is 4.12. The summed E-state index contributed by atoms with van der Waals surface area (Å²) in [6, 6.07) is 7.17. The number of fused-ring (bicyclic) bond motifs is 1. The molecule has 1 aromatic heterocycles. The summed E-state index contributed by atoms with van der Waals surface area (Å²) in [5.41, 5.74) is 0.0754. The highest BCUT2D eigenvalue weighted by molar-refractivity contribution is 7.15. The summed E-state index contributed by atoms with van der Waals surface area (Å²) in [7, 11) is 0. The van der Waals surface area contributed by atoms with E-state index in [1.807, 2.05) is 12.1 Å². The first-order valence-corrected chi connectivity index (χ1v) is 8.28. The van der Waals surface area contributed by atoms with Crippen molar-refractivity contribution in [2.24, 2.45) is 0 Å². The molecule has 1 aliphatic heterocycles. The summed E-state index contributed by atoms with van der Waals surface area (Å²) in [4.78, 5) is 24.7. The number of nitrogens with one attached hydrogen (secondary N) is 1. The molecule has 6 nitrogen and oxygen atoms in total. The quantitative estimate of drug-likeness (QED) is 0.871. The molecule has 0 bridgehead atoms. The Balaban J connectivity index is 1.77. The highest BCUT2D eigenvalue weighted by atomic mass is 32.1. The number of amides is 1. The lowest BCUT2D eigenvalue weighted by molar-refractivity contribution is -0.134. The molecule has 3 rings (SSSR count). The molecule has 1 aliphatic rings. The molecule has 7 heteroatoms. The van der Waals surface area contributed by atoms with Crippen LogP contribution in [0, 0.1) is 0 Å². The van der Waals surface area contributed by atoms with Crippen LogP contribution < -0.4 is 5.32 Å². The van der Waals surface area contributed by atoms with Crippen molar-refractivity contribution in [3.63, 3.8) is 0 Å². The number of anilines is 1. The van der Waals surface area contributed by atoms with Crippen LogP contribution in [0.5, 0.6) is 0 Å². The van der Waals surface area contributed by atoms with Crippen LogP contribution in [0.2, 0.25) is 0 Å². The molecular weight excluding hydrogens is 314 g/mol. The molecule has 120 valence electrons. The minimum absolute atomic E-state index is 0.335. The molecule has 0 saturated carbocycles. The van der Waals surface area contributed by atoms with Crippen molar-refractivity contribution in [2.75, 3.05) is 5.32 Å². The maximum absolute atomic E-state index is 12.6. The topological polar surface area (TPSA) is 81.2 Å². The van der Waals surface area contributed by atoms with Crippen molar-refractivity contribution in [1.29, 1.82) is 0 Å². The van der Waals surface area contributed by atoms with Gasteiger partial charge in [0.15, 0.2) is 5.60 Å². The normalized spacial score (nSPS) is 19.8. The van der Waals surface area contributed by atoms with E-state index < -0.39 is 11.6 Å². The van der Waals surface area contributed by atoms with Gasteiger partial charge in [-0.15, -0.1) is 10.2 Å². The molecule has 1 amide bonds. The summed E-state index contributed by atoms with van der Waals surface area (Å²) in [6.07, 6.45) is 2.13. The van der Waals surface area contributed by atoms with Crippen molar-refractivity contribution in [3.8, 4) is 0 Å². The second-order valence-electron chi connectivity index (χ2n) is 5.66. The van der Waals surface area contributed by atoms with Crippen molar-refractivity contribution in [3.05, 3.63) is 40.4 Å². The summed E-state index contributed by atoms with van der Waals surface area (Å²) < 4.78 is 5.39. The molecule has 2 heterocycles. The molecule has 0 spiro atoms. The fourth-order valence-corrected chi connectivity index (χ4v) is 3.34. The van der Waals surface area contributed by atoms with Gasteiger partial charge in [0, 0.05) is 12.8 Å². The lowest BCUT2D eigenvalue weighted by Crippen LogP contribution is -2.48. The average molecular weight is 331 g/mol. The van der Waals surface area contributed by atoms with E-state index >= 15 is 0 Å². The first kappa shape index (κ1) is 15.6. The SMILES string of the molecule is CCCc1nnc(NC(=O)[C@]2(C)Cc3ccccc3C(=O)O2)s1.